The van der Waals surface area contributed by atoms with Gasteiger partial charge in [-0.15, -0.1) is 0 Å². The Kier molecular flexibility index (Phi) is 4.57. The molecule has 0 unspecified atom stereocenters. The molecule has 0 atom stereocenters. The third-order valence-corrected chi connectivity index (χ3v) is 4.69. The maximum atomic E-state index is 12.9. The number of pyridine rings is 2. The average molecular weight is 342 g/mol. The van der Waals surface area contributed by atoms with Crippen molar-refractivity contribution in [3.63, 3.8) is 0 Å². The second-order valence-electron chi connectivity index (χ2n) is 6.76. The molecule has 1 saturated heterocycles. The smallest absolute Gasteiger partial charge is 0.259 e. The molecule has 0 saturated carbocycles. The highest BCUT2D eigenvalue weighted by molar-refractivity contribution is 5.97. The van der Waals surface area contributed by atoms with Crippen molar-refractivity contribution in [3.8, 4) is 0 Å². The zero-order valence-corrected chi connectivity index (χ0v) is 14.5. The molecule has 3 rings (SSSR count). The zero-order valence-electron chi connectivity index (χ0n) is 14.5. The number of rotatable bonds is 3. The fraction of sp³-hybridized carbons (Fsp3) is 0.444. The number of carbonyl (C=O) groups is 2. The van der Waals surface area contributed by atoms with Gasteiger partial charge in [0.2, 0.25) is 11.3 Å². The van der Waals surface area contributed by atoms with E-state index in [2.05, 4.69) is 11.9 Å². The molecule has 1 aliphatic heterocycles. The van der Waals surface area contributed by atoms with Gasteiger partial charge in [0.25, 0.3) is 5.91 Å². The summed E-state index contributed by atoms with van der Waals surface area (Å²) in [6.45, 7) is 5.10. The lowest BCUT2D eigenvalue weighted by Crippen LogP contribution is -2.40. The van der Waals surface area contributed by atoms with Crippen molar-refractivity contribution in [2.75, 3.05) is 13.1 Å². The van der Waals surface area contributed by atoms with Gasteiger partial charge in [0.1, 0.15) is 17.8 Å². The van der Waals surface area contributed by atoms with Gasteiger partial charge >= 0.3 is 0 Å². The quantitative estimate of drug-likeness (QED) is 0.902. The van der Waals surface area contributed by atoms with Crippen LogP contribution in [0.25, 0.3) is 11.0 Å². The Bertz CT molecular complexity index is 895. The number of aryl methyl sites for hydroxylation is 1. The molecule has 2 N–H and O–H groups in total. The lowest BCUT2D eigenvalue weighted by atomic mass is 9.98. The van der Waals surface area contributed by atoms with Gasteiger partial charge in [0, 0.05) is 25.0 Å². The number of piperidine rings is 1. The molecule has 2 aromatic heterocycles. The molecule has 2 aromatic rings. The SMILES string of the molecule is Cc1ccc2c(=O)c(C(=O)N3CCC(C)CC3)cn(CC(N)=O)c2n1. The molecule has 25 heavy (non-hydrogen) atoms. The molecule has 1 fully saturated rings. The second-order valence-corrected chi connectivity index (χ2v) is 6.76. The van der Waals surface area contributed by atoms with Gasteiger partial charge in [-0.25, -0.2) is 4.98 Å². The molecule has 0 spiro atoms. The molecular formula is C18H22N4O3. The number of fused-ring (bicyclic) bond motifs is 1. The monoisotopic (exact) mass is 342 g/mol. The molecule has 0 aliphatic carbocycles. The van der Waals surface area contributed by atoms with Crippen molar-refractivity contribution >= 4 is 22.8 Å². The Labute approximate surface area is 145 Å². The van der Waals surface area contributed by atoms with E-state index in [9.17, 15) is 14.4 Å². The van der Waals surface area contributed by atoms with Gasteiger partial charge in [0.15, 0.2) is 0 Å². The molecule has 0 aromatic carbocycles. The predicted molar refractivity (Wildman–Crippen MR) is 94.2 cm³/mol. The molecule has 0 radical (unpaired) electrons. The van der Waals surface area contributed by atoms with Crippen LogP contribution in [-0.2, 0) is 11.3 Å². The van der Waals surface area contributed by atoms with Gasteiger partial charge in [-0.2, -0.15) is 0 Å². The third-order valence-electron chi connectivity index (χ3n) is 4.69. The van der Waals surface area contributed by atoms with Crippen LogP contribution >= 0.6 is 0 Å². The Morgan fingerprint density at radius 1 is 1.28 bits per heavy atom. The summed E-state index contributed by atoms with van der Waals surface area (Å²) < 4.78 is 1.49. The predicted octanol–water partition coefficient (Wildman–Crippen LogP) is 1.06. The van der Waals surface area contributed by atoms with Crippen molar-refractivity contribution in [1.29, 1.82) is 0 Å². The molecule has 7 nitrogen and oxygen atoms in total. The average Bonchev–Trinajstić information content (AvgIpc) is 2.57. The van der Waals surface area contributed by atoms with Gasteiger partial charge in [-0.3, -0.25) is 14.4 Å². The van der Waals surface area contributed by atoms with E-state index >= 15 is 0 Å². The number of amides is 2. The first-order valence-corrected chi connectivity index (χ1v) is 8.45. The largest absolute Gasteiger partial charge is 0.368 e. The Balaban J connectivity index is 2.10. The number of primary amides is 1. The normalized spacial score (nSPS) is 15.5. The number of hydrogen-bond acceptors (Lipinski definition) is 4. The summed E-state index contributed by atoms with van der Waals surface area (Å²) in [7, 11) is 0. The lowest BCUT2D eigenvalue weighted by molar-refractivity contribution is -0.118. The zero-order chi connectivity index (χ0) is 18.1. The van der Waals surface area contributed by atoms with E-state index < -0.39 is 5.91 Å². The van der Waals surface area contributed by atoms with E-state index in [1.807, 2.05) is 0 Å². The van der Waals surface area contributed by atoms with E-state index in [0.29, 0.717) is 35.7 Å². The Hall–Kier alpha value is -2.70. The number of aromatic nitrogens is 2. The highest BCUT2D eigenvalue weighted by atomic mass is 16.2. The summed E-state index contributed by atoms with van der Waals surface area (Å²) in [6.07, 6.45) is 3.27. The number of likely N-dealkylation sites (tertiary alicyclic amines) is 1. The third kappa shape index (κ3) is 3.40. The van der Waals surface area contributed by atoms with Crippen LogP contribution < -0.4 is 11.2 Å². The molecule has 132 valence electrons. The summed E-state index contributed by atoms with van der Waals surface area (Å²) >= 11 is 0. The van der Waals surface area contributed by atoms with Crippen molar-refractivity contribution < 1.29 is 9.59 Å². The fourth-order valence-corrected chi connectivity index (χ4v) is 3.18. The molecule has 0 bridgehead atoms. The minimum atomic E-state index is -0.557. The van der Waals surface area contributed by atoms with Crippen molar-refractivity contribution in [2.24, 2.45) is 11.7 Å². The minimum Gasteiger partial charge on any atom is -0.368 e. The second kappa shape index (κ2) is 6.66. The fourth-order valence-electron chi connectivity index (χ4n) is 3.18. The summed E-state index contributed by atoms with van der Waals surface area (Å²) in [5, 5.41) is 0.322. The van der Waals surface area contributed by atoms with Crippen molar-refractivity contribution in [2.45, 2.75) is 33.2 Å². The van der Waals surface area contributed by atoms with Gasteiger partial charge in [-0.1, -0.05) is 6.92 Å². The first kappa shape index (κ1) is 17.1. The van der Waals surface area contributed by atoms with Gasteiger partial charge in [0.05, 0.1) is 5.39 Å². The summed E-state index contributed by atoms with van der Waals surface area (Å²) in [5.74, 6) is -0.268. The minimum absolute atomic E-state index is 0.0638. The topological polar surface area (TPSA) is 98.3 Å². The summed E-state index contributed by atoms with van der Waals surface area (Å²) in [6, 6.07) is 3.36. The van der Waals surface area contributed by atoms with Crippen LogP contribution in [0.5, 0.6) is 0 Å². The lowest BCUT2D eigenvalue weighted by Gasteiger charge is -2.30. The number of carbonyl (C=O) groups excluding carboxylic acids is 2. The number of nitrogens with two attached hydrogens (primary N) is 1. The standard InChI is InChI=1S/C18H22N4O3/c1-11-5-7-21(8-6-11)18(25)14-9-22(10-15(19)23)17-13(16(14)24)4-3-12(2)20-17/h3-4,9,11H,5-8,10H2,1-2H3,(H2,19,23). The van der Waals surface area contributed by atoms with Crippen molar-refractivity contribution in [3.05, 3.63) is 39.8 Å². The highest BCUT2D eigenvalue weighted by Crippen LogP contribution is 2.18. The van der Waals surface area contributed by atoms with Crippen molar-refractivity contribution in [1.82, 2.24) is 14.5 Å². The maximum absolute atomic E-state index is 12.9. The number of nitrogens with zero attached hydrogens (tertiary/aromatic N) is 3. The molecule has 1 aliphatic rings. The van der Waals surface area contributed by atoms with E-state index in [1.165, 1.54) is 10.8 Å². The first-order valence-electron chi connectivity index (χ1n) is 8.45. The Morgan fingerprint density at radius 2 is 1.96 bits per heavy atom. The summed E-state index contributed by atoms with van der Waals surface area (Å²) in [4.78, 5) is 43.1. The van der Waals surface area contributed by atoms with E-state index in [-0.39, 0.29) is 23.4 Å². The maximum Gasteiger partial charge on any atom is 0.259 e. The highest BCUT2D eigenvalue weighted by Gasteiger charge is 2.25. The van der Waals surface area contributed by atoms with Crippen LogP contribution in [0.3, 0.4) is 0 Å². The van der Waals surface area contributed by atoms with E-state index in [0.717, 1.165) is 12.8 Å². The van der Waals surface area contributed by atoms with E-state index in [1.54, 1.807) is 24.0 Å². The summed E-state index contributed by atoms with van der Waals surface area (Å²) in [5.41, 5.74) is 6.11. The Morgan fingerprint density at radius 3 is 2.60 bits per heavy atom. The van der Waals surface area contributed by atoms with Crippen LogP contribution in [0.15, 0.2) is 23.1 Å². The van der Waals surface area contributed by atoms with Crippen LogP contribution in [0, 0.1) is 12.8 Å². The van der Waals surface area contributed by atoms with E-state index in [4.69, 9.17) is 5.73 Å². The van der Waals surface area contributed by atoms with Gasteiger partial charge < -0.3 is 15.2 Å². The van der Waals surface area contributed by atoms with Gasteiger partial charge in [-0.05, 0) is 37.8 Å². The first-order chi connectivity index (χ1) is 11.9. The van der Waals surface area contributed by atoms with Crippen LogP contribution in [0.4, 0.5) is 0 Å². The number of hydrogen-bond donors (Lipinski definition) is 1. The molecule has 3 heterocycles. The van der Waals surface area contributed by atoms with Crippen LogP contribution in [0.1, 0.15) is 35.8 Å². The van der Waals surface area contributed by atoms with Crippen LogP contribution in [-0.4, -0.2) is 39.4 Å². The molecule has 2 amide bonds. The van der Waals surface area contributed by atoms with Crippen LogP contribution in [0.2, 0.25) is 0 Å². The molecule has 7 heteroatoms. The molecular weight excluding hydrogens is 320 g/mol.